The van der Waals surface area contributed by atoms with Crippen LogP contribution in [0.2, 0.25) is 0 Å². The normalized spacial score (nSPS) is 11.0. The minimum Gasteiger partial charge on any atom is -0.493 e. The van der Waals surface area contributed by atoms with E-state index in [0.717, 1.165) is 17.4 Å². The predicted molar refractivity (Wildman–Crippen MR) is 67.3 cm³/mol. The number of aliphatic carboxylic acids is 1. The molecule has 0 amide bonds. The van der Waals surface area contributed by atoms with E-state index in [4.69, 9.17) is 9.84 Å². The second-order valence-corrected chi connectivity index (χ2v) is 4.26. The summed E-state index contributed by atoms with van der Waals surface area (Å²) >= 11 is 0. The molecule has 1 aromatic carbocycles. The number of hydrogen-bond acceptors (Lipinski definition) is 2. The Morgan fingerprint density at radius 3 is 2.76 bits per heavy atom. The summed E-state index contributed by atoms with van der Waals surface area (Å²) in [6.07, 6.45) is 3.35. The Labute approximate surface area is 102 Å². The van der Waals surface area contributed by atoms with Gasteiger partial charge in [-0.15, -0.1) is 0 Å². The molecule has 0 saturated heterocycles. The van der Waals surface area contributed by atoms with Gasteiger partial charge in [-0.1, -0.05) is 38.1 Å². The molecule has 3 nitrogen and oxygen atoms in total. The summed E-state index contributed by atoms with van der Waals surface area (Å²) in [6.45, 7) is 4.85. The first kappa shape index (κ1) is 13.3. The molecule has 0 unspecified atom stereocenters. The molecule has 0 heterocycles. The zero-order chi connectivity index (χ0) is 12.7. The maximum Gasteiger partial charge on any atom is 0.327 e. The van der Waals surface area contributed by atoms with E-state index in [9.17, 15) is 4.79 Å². The quantitative estimate of drug-likeness (QED) is 0.770. The van der Waals surface area contributed by atoms with Crippen molar-refractivity contribution < 1.29 is 14.6 Å². The molecule has 1 aromatic rings. The fraction of sp³-hybridized carbons (Fsp3) is 0.357. The number of carbonyl (C=O) groups is 1. The molecule has 0 aliphatic rings. The molecule has 0 fully saturated rings. The number of benzene rings is 1. The van der Waals surface area contributed by atoms with E-state index in [1.807, 2.05) is 24.3 Å². The molecule has 0 saturated carbocycles. The molecule has 0 aromatic heterocycles. The summed E-state index contributed by atoms with van der Waals surface area (Å²) in [7, 11) is 0. The van der Waals surface area contributed by atoms with Crippen LogP contribution in [0.1, 0.15) is 19.4 Å². The van der Waals surface area contributed by atoms with Crippen molar-refractivity contribution in [2.75, 3.05) is 6.61 Å². The van der Waals surface area contributed by atoms with Crippen molar-refractivity contribution in [2.24, 2.45) is 5.92 Å². The van der Waals surface area contributed by atoms with Crippen LogP contribution in [0.4, 0.5) is 0 Å². The standard InChI is InChI=1S/C14H18O3/c1-11(2)10-17-13-8-4-3-6-12(13)7-5-9-14(15)16/h3-6,8-9,11H,7,10H2,1-2H3,(H,15,16). The first-order valence-electron chi connectivity index (χ1n) is 5.69. The molecule has 3 heteroatoms. The number of rotatable bonds is 6. The van der Waals surface area contributed by atoms with Crippen LogP contribution in [0.25, 0.3) is 0 Å². The van der Waals surface area contributed by atoms with Gasteiger partial charge in [0.15, 0.2) is 0 Å². The smallest absolute Gasteiger partial charge is 0.327 e. The van der Waals surface area contributed by atoms with Gasteiger partial charge in [0, 0.05) is 6.08 Å². The predicted octanol–water partition coefficient (Wildman–Crippen LogP) is 2.90. The maximum atomic E-state index is 10.4. The Morgan fingerprint density at radius 1 is 1.41 bits per heavy atom. The van der Waals surface area contributed by atoms with Crippen molar-refractivity contribution in [3.63, 3.8) is 0 Å². The number of allylic oxidation sites excluding steroid dienone is 1. The minimum atomic E-state index is -0.925. The van der Waals surface area contributed by atoms with Crippen molar-refractivity contribution in [1.82, 2.24) is 0 Å². The van der Waals surface area contributed by atoms with Crippen LogP contribution in [0.5, 0.6) is 5.75 Å². The Bertz CT molecular complexity index is 394. The summed E-state index contributed by atoms with van der Waals surface area (Å²) in [5, 5.41) is 8.52. The maximum absolute atomic E-state index is 10.4. The average molecular weight is 234 g/mol. The molecular formula is C14H18O3. The number of carboxylic acids is 1. The van der Waals surface area contributed by atoms with Gasteiger partial charge in [-0.05, 0) is 24.0 Å². The highest BCUT2D eigenvalue weighted by molar-refractivity contribution is 5.79. The van der Waals surface area contributed by atoms with Gasteiger partial charge in [-0.3, -0.25) is 0 Å². The highest BCUT2D eigenvalue weighted by Crippen LogP contribution is 2.19. The summed E-state index contributed by atoms with van der Waals surface area (Å²) in [4.78, 5) is 10.4. The van der Waals surface area contributed by atoms with Crippen molar-refractivity contribution in [3.8, 4) is 5.75 Å². The number of carboxylic acid groups (broad SMARTS) is 1. The molecule has 0 radical (unpaired) electrons. The lowest BCUT2D eigenvalue weighted by molar-refractivity contribution is -0.131. The number of para-hydroxylation sites is 1. The Morgan fingerprint density at radius 2 is 2.12 bits per heavy atom. The molecule has 0 atom stereocenters. The summed E-state index contributed by atoms with van der Waals surface area (Å²) in [6, 6.07) is 7.69. The van der Waals surface area contributed by atoms with E-state index in [1.165, 1.54) is 0 Å². The first-order chi connectivity index (χ1) is 8.09. The molecule has 0 spiro atoms. The fourth-order valence-corrected chi connectivity index (χ4v) is 1.36. The molecular weight excluding hydrogens is 216 g/mol. The largest absolute Gasteiger partial charge is 0.493 e. The monoisotopic (exact) mass is 234 g/mol. The van der Waals surface area contributed by atoms with E-state index in [1.54, 1.807) is 6.08 Å². The van der Waals surface area contributed by atoms with Crippen LogP contribution in [-0.4, -0.2) is 17.7 Å². The van der Waals surface area contributed by atoms with Crippen LogP contribution in [0, 0.1) is 5.92 Å². The fourth-order valence-electron chi connectivity index (χ4n) is 1.36. The molecule has 17 heavy (non-hydrogen) atoms. The molecule has 1 N–H and O–H groups in total. The summed E-state index contributed by atoms with van der Waals surface area (Å²) in [5.41, 5.74) is 1.01. The highest BCUT2D eigenvalue weighted by Gasteiger charge is 2.02. The molecule has 1 rings (SSSR count). The Balaban J connectivity index is 2.67. The Kier molecular flexibility index (Phi) is 5.27. The van der Waals surface area contributed by atoms with Crippen LogP contribution in [-0.2, 0) is 11.2 Å². The average Bonchev–Trinajstić information content (AvgIpc) is 2.27. The van der Waals surface area contributed by atoms with Gasteiger partial charge in [0.2, 0.25) is 0 Å². The number of ether oxygens (including phenoxy) is 1. The molecule has 0 aliphatic heterocycles. The topological polar surface area (TPSA) is 46.5 Å². The van der Waals surface area contributed by atoms with Gasteiger partial charge in [-0.25, -0.2) is 4.79 Å². The second-order valence-electron chi connectivity index (χ2n) is 4.26. The van der Waals surface area contributed by atoms with Crippen LogP contribution >= 0.6 is 0 Å². The van der Waals surface area contributed by atoms with Gasteiger partial charge in [-0.2, -0.15) is 0 Å². The van der Waals surface area contributed by atoms with Crippen molar-refractivity contribution >= 4 is 5.97 Å². The van der Waals surface area contributed by atoms with E-state index in [0.29, 0.717) is 18.9 Å². The molecule has 0 aliphatic carbocycles. The summed E-state index contributed by atoms with van der Waals surface area (Å²) in [5.74, 6) is 0.374. The van der Waals surface area contributed by atoms with E-state index in [-0.39, 0.29) is 0 Å². The van der Waals surface area contributed by atoms with Gasteiger partial charge >= 0.3 is 5.97 Å². The van der Waals surface area contributed by atoms with Gasteiger partial charge in [0.1, 0.15) is 5.75 Å². The van der Waals surface area contributed by atoms with Crippen molar-refractivity contribution in [2.45, 2.75) is 20.3 Å². The van der Waals surface area contributed by atoms with E-state index >= 15 is 0 Å². The molecule has 0 bridgehead atoms. The lowest BCUT2D eigenvalue weighted by Gasteiger charge is -2.11. The zero-order valence-corrected chi connectivity index (χ0v) is 10.2. The molecule has 92 valence electrons. The second kappa shape index (κ2) is 6.74. The van der Waals surface area contributed by atoms with Crippen molar-refractivity contribution in [1.29, 1.82) is 0 Å². The highest BCUT2D eigenvalue weighted by atomic mass is 16.5. The lowest BCUT2D eigenvalue weighted by Crippen LogP contribution is -2.06. The third-order valence-corrected chi connectivity index (χ3v) is 2.14. The van der Waals surface area contributed by atoms with E-state index < -0.39 is 5.97 Å². The van der Waals surface area contributed by atoms with Gasteiger partial charge < -0.3 is 9.84 Å². The van der Waals surface area contributed by atoms with Crippen LogP contribution in [0.15, 0.2) is 36.4 Å². The van der Waals surface area contributed by atoms with Gasteiger partial charge in [0.25, 0.3) is 0 Å². The summed E-state index contributed by atoms with van der Waals surface area (Å²) < 4.78 is 5.67. The Hall–Kier alpha value is -1.77. The van der Waals surface area contributed by atoms with E-state index in [2.05, 4.69) is 13.8 Å². The van der Waals surface area contributed by atoms with Crippen LogP contribution in [0.3, 0.4) is 0 Å². The van der Waals surface area contributed by atoms with Crippen LogP contribution < -0.4 is 4.74 Å². The lowest BCUT2D eigenvalue weighted by atomic mass is 10.1. The third kappa shape index (κ3) is 5.20. The van der Waals surface area contributed by atoms with Crippen molar-refractivity contribution in [3.05, 3.63) is 42.0 Å². The number of hydrogen-bond donors (Lipinski definition) is 1. The minimum absolute atomic E-state index is 0.470. The first-order valence-corrected chi connectivity index (χ1v) is 5.69. The zero-order valence-electron chi connectivity index (χ0n) is 10.2. The third-order valence-electron chi connectivity index (χ3n) is 2.14. The SMILES string of the molecule is CC(C)COc1ccccc1CC=CC(=O)O. The van der Waals surface area contributed by atoms with Gasteiger partial charge in [0.05, 0.1) is 6.61 Å².